The van der Waals surface area contributed by atoms with Crippen LogP contribution in [-0.2, 0) is 0 Å². The molecule has 1 N–H and O–H groups in total. The summed E-state index contributed by atoms with van der Waals surface area (Å²) in [5.41, 5.74) is 0. The molecule has 0 aromatic rings. The summed E-state index contributed by atoms with van der Waals surface area (Å²) in [5.74, 6) is -0.684. The average molecular weight is 87.9 g/mol. The monoisotopic (exact) mass is 88.0 g/mol. The minimum Gasteiger partial charge on any atom is -0.490 e. The van der Waals surface area contributed by atoms with Gasteiger partial charge in [-0.05, 0) is 10.1 Å². The summed E-state index contributed by atoms with van der Waals surface area (Å²) < 4.78 is 0. The van der Waals surface area contributed by atoms with Gasteiger partial charge in [0.15, 0.2) is 0 Å². The summed E-state index contributed by atoms with van der Waals surface area (Å²) in [5, 5.41) is 7.76. The Kier molecular flexibility index (Phi) is 1.92. The third-order valence-electron chi connectivity index (χ3n) is 0.302. The van der Waals surface area contributed by atoms with Crippen molar-refractivity contribution in [1.29, 1.82) is 0 Å². The van der Waals surface area contributed by atoms with Crippen LogP contribution >= 0.6 is 0 Å². The Morgan fingerprint density at radius 3 is 2.20 bits per heavy atom. The molecule has 0 bridgehead atoms. The molecule has 0 unspecified atom stereocenters. The maximum atomic E-state index is 9.40. The molecule has 0 aliphatic heterocycles. The molecule has 0 spiro atoms. The zero-order valence-electron chi connectivity index (χ0n) is 3.06. The van der Waals surface area contributed by atoms with Crippen LogP contribution in [0.1, 0.15) is 0 Å². The van der Waals surface area contributed by atoms with E-state index in [1.807, 2.05) is 0 Å². The second kappa shape index (κ2) is 2.02. The first-order valence-corrected chi connectivity index (χ1v) is 2.90. The summed E-state index contributed by atoms with van der Waals surface area (Å²) in [6.45, 7) is 0.361. The van der Waals surface area contributed by atoms with Crippen LogP contribution in [0.25, 0.3) is 0 Å². The first-order chi connectivity index (χ1) is 2.27. The van der Waals surface area contributed by atoms with E-state index in [0.717, 1.165) is 10.1 Å². The van der Waals surface area contributed by atoms with Gasteiger partial charge in [0.2, 0.25) is 12.7 Å². The maximum absolute atomic E-state index is 9.40. The molecule has 0 aliphatic carbocycles. The third-order valence-corrected chi connectivity index (χ3v) is 0.907. The fraction of sp³-hybridized carbons (Fsp3) is 0. The molecule has 4 heteroatoms. The highest BCUT2D eigenvalue weighted by molar-refractivity contribution is 7.07. The van der Waals surface area contributed by atoms with Gasteiger partial charge in [0.05, 0.1) is 0 Å². The van der Waals surface area contributed by atoms with E-state index in [0.29, 0.717) is 6.87 Å². The summed E-state index contributed by atoms with van der Waals surface area (Å²) in [6, 6.07) is 0. The van der Waals surface area contributed by atoms with Crippen LogP contribution in [0.4, 0.5) is 4.79 Å². The molecule has 0 heterocycles. The van der Waals surface area contributed by atoms with Gasteiger partial charge < -0.3 is 5.11 Å². The second-order valence-corrected chi connectivity index (χ2v) is 1.45. The molecule has 5 heavy (non-hydrogen) atoms. The Hall–Kier alpha value is -0.248. The lowest BCUT2D eigenvalue weighted by atomic mass is 10.1. The van der Waals surface area contributed by atoms with Crippen molar-refractivity contribution in [3.63, 3.8) is 0 Å². The van der Waals surface area contributed by atoms with Crippen LogP contribution in [0.15, 0.2) is 0 Å². The SMILES string of the molecule is O=C(O)B[SiH3]. The number of carbonyl (C=O) groups is 1. The predicted molar refractivity (Wildman–Crippen MR) is 25.1 cm³/mol. The molecule has 0 rings (SSSR count). The lowest BCUT2D eigenvalue weighted by Gasteiger charge is -1.69. The summed E-state index contributed by atoms with van der Waals surface area (Å²) in [4.78, 5) is 9.40. The fourth-order valence-corrected chi connectivity index (χ4v) is 0. The lowest BCUT2D eigenvalue weighted by molar-refractivity contribution is 0.220. The standard InChI is InChI=1S/CH5BO2Si/c3-1(4)2-5/h2H,5H3,(H,3,4). The van der Waals surface area contributed by atoms with E-state index in [2.05, 4.69) is 0 Å². The lowest BCUT2D eigenvalue weighted by Crippen LogP contribution is -2.02. The van der Waals surface area contributed by atoms with E-state index in [-0.39, 0.29) is 0 Å². The van der Waals surface area contributed by atoms with Crippen molar-refractivity contribution in [1.82, 2.24) is 0 Å². The van der Waals surface area contributed by atoms with Crippen LogP contribution < -0.4 is 0 Å². The van der Waals surface area contributed by atoms with Crippen molar-refractivity contribution in [2.45, 2.75) is 0 Å². The van der Waals surface area contributed by atoms with E-state index < -0.39 is 5.87 Å². The van der Waals surface area contributed by atoms with E-state index in [4.69, 9.17) is 5.11 Å². The van der Waals surface area contributed by atoms with Crippen molar-refractivity contribution < 1.29 is 9.90 Å². The predicted octanol–water partition coefficient (Wildman–Crippen LogP) is -1.62. The van der Waals surface area contributed by atoms with Crippen molar-refractivity contribution >= 4 is 22.9 Å². The Morgan fingerprint density at radius 2 is 2.20 bits per heavy atom. The Morgan fingerprint density at radius 1 is 2.00 bits per heavy atom. The second-order valence-electron chi connectivity index (χ2n) is 0.747. The highest BCUT2D eigenvalue weighted by Gasteiger charge is 1.85. The molecule has 28 valence electrons. The van der Waals surface area contributed by atoms with Gasteiger partial charge >= 0.3 is 0 Å². The van der Waals surface area contributed by atoms with Crippen LogP contribution in [0.2, 0.25) is 0 Å². The molecule has 0 saturated carbocycles. The quantitative estimate of drug-likeness (QED) is 0.391. The molecular formula is CH5BO2Si. The highest BCUT2D eigenvalue weighted by Crippen LogP contribution is 1.51. The smallest absolute Gasteiger partial charge is 0.241 e. The zero-order chi connectivity index (χ0) is 4.28. The van der Waals surface area contributed by atoms with Gasteiger partial charge in [-0.25, -0.2) is 0 Å². The summed E-state index contributed by atoms with van der Waals surface area (Å²) in [7, 11) is 0.774. The van der Waals surface area contributed by atoms with Gasteiger partial charge in [-0.15, -0.1) is 0 Å². The summed E-state index contributed by atoms with van der Waals surface area (Å²) in [6.07, 6.45) is 0. The third kappa shape index (κ3) is 3.75. The largest absolute Gasteiger partial charge is 0.490 e. The van der Waals surface area contributed by atoms with Crippen molar-refractivity contribution in [2.24, 2.45) is 0 Å². The van der Waals surface area contributed by atoms with Gasteiger partial charge in [0.1, 0.15) is 0 Å². The van der Waals surface area contributed by atoms with E-state index >= 15 is 0 Å². The molecule has 0 fully saturated rings. The highest BCUT2D eigenvalue weighted by atomic mass is 28.1. The molecule has 0 aromatic heterocycles. The normalized spacial score (nSPS) is 7.20. The van der Waals surface area contributed by atoms with E-state index in [9.17, 15) is 4.79 Å². The molecule has 0 aromatic carbocycles. The van der Waals surface area contributed by atoms with Gasteiger partial charge in [-0.3, -0.25) is 4.79 Å². The Bertz CT molecular complexity index is 44.9. The molecule has 0 aliphatic rings. The van der Waals surface area contributed by atoms with Gasteiger partial charge in [0, 0.05) is 0 Å². The zero-order valence-corrected chi connectivity index (χ0v) is 5.06. The number of rotatable bonds is 1. The molecule has 0 radical (unpaired) electrons. The van der Waals surface area contributed by atoms with Crippen LogP contribution in [-0.4, -0.2) is 28.0 Å². The molecule has 2 nitrogen and oxygen atoms in total. The minimum atomic E-state index is -0.684. The topological polar surface area (TPSA) is 37.3 Å². The van der Waals surface area contributed by atoms with E-state index in [1.165, 1.54) is 0 Å². The molecule has 0 saturated heterocycles. The average Bonchev–Trinajstić information content (AvgIpc) is 1.38. The maximum Gasteiger partial charge on any atom is 0.241 e. The van der Waals surface area contributed by atoms with Crippen molar-refractivity contribution in [3.8, 4) is 0 Å². The van der Waals surface area contributed by atoms with Gasteiger partial charge in [-0.1, -0.05) is 0 Å². The van der Waals surface area contributed by atoms with Crippen molar-refractivity contribution in [3.05, 3.63) is 0 Å². The van der Waals surface area contributed by atoms with Crippen LogP contribution in [0.5, 0.6) is 0 Å². The summed E-state index contributed by atoms with van der Waals surface area (Å²) >= 11 is 0. The number of hydrogen-bond donors (Lipinski definition) is 1. The van der Waals surface area contributed by atoms with Crippen LogP contribution in [0.3, 0.4) is 0 Å². The first-order valence-electron chi connectivity index (χ1n) is 1.49. The Labute approximate surface area is 33.8 Å². The van der Waals surface area contributed by atoms with Crippen molar-refractivity contribution in [2.75, 3.05) is 0 Å². The van der Waals surface area contributed by atoms with E-state index in [1.54, 1.807) is 0 Å². The van der Waals surface area contributed by atoms with Crippen LogP contribution in [0, 0.1) is 0 Å². The molecule has 0 amide bonds. The number of hydrogen-bond acceptors (Lipinski definition) is 1. The van der Waals surface area contributed by atoms with Gasteiger partial charge in [0.25, 0.3) is 0 Å². The first kappa shape index (κ1) is 4.75. The Balaban J connectivity index is 2.85. The van der Waals surface area contributed by atoms with Gasteiger partial charge in [-0.2, -0.15) is 0 Å². The fourth-order valence-electron chi connectivity index (χ4n) is 0. The molecule has 0 atom stereocenters. The molecular weight excluding hydrogens is 82.9 g/mol. The minimum absolute atomic E-state index is 0.361. The number of carboxylic acid groups (broad SMARTS) is 1.